The lowest BCUT2D eigenvalue weighted by molar-refractivity contribution is -0.129. The van der Waals surface area contributed by atoms with E-state index in [0.717, 1.165) is 25.7 Å². The number of carbonyl (C=O) groups excluding carboxylic acids is 1. The highest BCUT2D eigenvalue weighted by Crippen LogP contribution is 2.40. The molecule has 2 rings (SSSR count). The van der Waals surface area contributed by atoms with Gasteiger partial charge in [0.05, 0.1) is 0 Å². The first-order valence-corrected chi connectivity index (χ1v) is 9.85. The monoisotopic (exact) mass is 384 g/mol. The van der Waals surface area contributed by atoms with Gasteiger partial charge in [0.25, 0.3) is 0 Å². The van der Waals surface area contributed by atoms with Gasteiger partial charge in [0, 0.05) is 17.3 Å². The zero-order valence-corrected chi connectivity index (χ0v) is 16.0. The predicted molar refractivity (Wildman–Crippen MR) is 89.0 cm³/mol. The second-order valence-electron chi connectivity index (χ2n) is 7.84. The molecule has 0 saturated heterocycles. The number of ketones is 1. The van der Waals surface area contributed by atoms with Crippen molar-refractivity contribution in [3.63, 3.8) is 0 Å². The second-order valence-corrected chi connectivity index (χ2v) is 9.38. The maximum atomic E-state index is 12.1. The van der Waals surface area contributed by atoms with E-state index in [1.54, 1.807) is 13.8 Å². The molecular weight excluding hydrogens is 357 g/mol. The Morgan fingerprint density at radius 3 is 1.96 bits per heavy atom. The van der Waals surface area contributed by atoms with E-state index in [-0.39, 0.29) is 11.2 Å². The SMILES string of the molecule is CC1(C)CCCC=C1OS(=O)(=O)C(F)(F)F.CC1(C)CCCCC1=O. The Hall–Kier alpha value is -1.05. The minimum Gasteiger partial charge on any atom is -0.380 e. The van der Waals surface area contributed by atoms with E-state index in [1.165, 1.54) is 12.5 Å². The van der Waals surface area contributed by atoms with Crippen LogP contribution in [-0.2, 0) is 19.1 Å². The van der Waals surface area contributed by atoms with Crippen molar-refractivity contribution in [2.24, 2.45) is 10.8 Å². The molecule has 4 nitrogen and oxygen atoms in total. The Kier molecular flexibility index (Phi) is 6.75. The molecule has 0 N–H and O–H groups in total. The molecule has 0 bridgehead atoms. The van der Waals surface area contributed by atoms with Crippen LogP contribution in [0.2, 0.25) is 0 Å². The van der Waals surface area contributed by atoms with Gasteiger partial charge >= 0.3 is 15.6 Å². The molecule has 1 saturated carbocycles. The van der Waals surface area contributed by atoms with E-state index in [9.17, 15) is 26.4 Å². The van der Waals surface area contributed by atoms with Gasteiger partial charge in [-0.25, -0.2) is 0 Å². The first kappa shape index (κ1) is 22.0. The highest BCUT2D eigenvalue weighted by Gasteiger charge is 2.50. The van der Waals surface area contributed by atoms with Gasteiger partial charge in [-0.05, 0) is 38.2 Å². The van der Waals surface area contributed by atoms with Gasteiger partial charge in [-0.2, -0.15) is 21.6 Å². The number of halogens is 3. The van der Waals surface area contributed by atoms with Gasteiger partial charge in [-0.1, -0.05) is 34.1 Å². The molecule has 0 radical (unpaired) electrons. The first-order chi connectivity index (χ1) is 11.2. The summed E-state index contributed by atoms with van der Waals surface area (Å²) in [5, 5.41) is 0. The molecule has 0 heterocycles. The van der Waals surface area contributed by atoms with E-state index >= 15 is 0 Å². The molecule has 2 aliphatic rings. The van der Waals surface area contributed by atoms with E-state index in [4.69, 9.17) is 0 Å². The minimum atomic E-state index is -5.54. The Balaban J connectivity index is 0.000000293. The van der Waals surface area contributed by atoms with Crippen LogP contribution in [0.4, 0.5) is 13.2 Å². The smallest absolute Gasteiger partial charge is 0.380 e. The molecule has 146 valence electrons. The van der Waals surface area contributed by atoms with Gasteiger partial charge in [-0.3, -0.25) is 4.79 Å². The zero-order chi connectivity index (χ0) is 19.5. The number of rotatable bonds is 2. The van der Waals surface area contributed by atoms with Crippen LogP contribution >= 0.6 is 0 Å². The maximum absolute atomic E-state index is 12.1. The molecule has 1 fully saturated rings. The van der Waals surface area contributed by atoms with Crippen LogP contribution in [0.15, 0.2) is 11.8 Å². The van der Waals surface area contributed by atoms with E-state index in [2.05, 4.69) is 18.0 Å². The lowest BCUT2D eigenvalue weighted by Gasteiger charge is -2.30. The molecule has 0 amide bonds. The summed E-state index contributed by atoms with van der Waals surface area (Å²) in [6, 6.07) is 0. The predicted octanol–water partition coefficient (Wildman–Crippen LogP) is 5.10. The molecule has 0 atom stereocenters. The normalized spacial score (nSPS) is 23.2. The number of hydrogen-bond donors (Lipinski definition) is 0. The van der Waals surface area contributed by atoms with E-state index in [1.807, 2.05) is 0 Å². The summed E-state index contributed by atoms with van der Waals surface area (Å²) in [5.74, 6) is 0.338. The summed E-state index contributed by atoms with van der Waals surface area (Å²) in [6.45, 7) is 7.41. The molecule has 0 aromatic heterocycles. The lowest BCUT2D eigenvalue weighted by Crippen LogP contribution is -2.30. The minimum absolute atomic E-state index is 0.00174. The summed E-state index contributed by atoms with van der Waals surface area (Å²) in [5.41, 5.74) is -6.05. The van der Waals surface area contributed by atoms with E-state index < -0.39 is 21.0 Å². The topological polar surface area (TPSA) is 60.4 Å². The van der Waals surface area contributed by atoms with Gasteiger partial charge < -0.3 is 4.18 Å². The Bertz CT molecular complexity index is 616. The fourth-order valence-electron chi connectivity index (χ4n) is 2.82. The molecule has 0 spiro atoms. The van der Waals surface area contributed by atoms with Gasteiger partial charge in [-0.15, -0.1) is 0 Å². The van der Waals surface area contributed by atoms with Crippen LogP contribution < -0.4 is 0 Å². The standard InChI is InChI=1S/C9H13F3O3S.C8H14O/c1-8(2)6-4-3-5-7(8)15-16(13,14)9(10,11)12;1-8(2)6-4-3-5-7(8)9/h5H,3-4,6H2,1-2H3;3-6H2,1-2H3. The molecule has 2 aliphatic carbocycles. The number of hydrogen-bond acceptors (Lipinski definition) is 4. The Morgan fingerprint density at radius 1 is 1.00 bits per heavy atom. The maximum Gasteiger partial charge on any atom is 0.534 e. The van der Waals surface area contributed by atoms with Crippen molar-refractivity contribution in [3.8, 4) is 0 Å². The third-order valence-corrected chi connectivity index (χ3v) is 5.66. The number of carbonyl (C=O) groups is 1. The lowest BCUT2D eigenvalue weighted by atomic mass is 9.76. The summed E-state index contributed by atoms with van der Waals surface area (Å²) < 4.78 is 62.1. The molecule has 0 aromatic carbocycles. The molecule has 0 aromatic rings. The van der Waals surface area contributed by atoms with Crippen molar-refractivity contribution in [1.82, 2.24) is 0 Å². The van der Waals surface area contributed by atoms with Crippen molar-refractivity contribution in [1.29, 1.82) is 0 Å². The molecular formula is C17H27F3O4S. The van der Waals surface area contributed by atoms with Crippen LogP contribution in [0.3, 0.4) is 0 Å². The van der Waals surface area contributed by atoms with Crippen molar-refractivity contribution in [3.05, 3.63) is 11.8 Å². The van der Waals surface area contributed by atoms with Crippen LogP contribution in [0.5, 0.6) is 0 Å². The third kappa shape index (κ3) is 6.01. The average molecular weight is 384 g/mol. The third-order valence-electron chi connectivity index (χ3n) is 4.70. The largest absolute Gasteiger partial charge is 0.534 e. The average Bonchev–Trinajstić information content (AvgIpc) is 2.44. The van der Waals surface area contributed by atoms with Crippen LogP contribution in [0, 0.1) is 10.8 Å². The quantitative estimate of drug-likeness (QED) is 0.491. The molecule has 0 unspecified atom stereocenters. The number of Topliss-reactive ketones (excluding diaryl/α,β-unsaturated/α-hetero) is 1. The van der Waals surface area contributed by atoms with Gasteiger partial charge in [0.1, 0.15) is 11.5 Å². The van der Waals surface area contributed by atoms with Crippen LogP contribution in [0.25, 0.3) is 0 Å². The number of alkyl halides is 3. The Morgan fingerprint density at radius 2 is 1.56 bits per heavy atom. The van der Waals surface area contributed by atoms with Crippen molar-refractivity contribution < 1.29 is 30.6 Å². The number of allylic oxidation sites excluding steroid dienone is 2. The van der Waals surface area contributed by atoms with Crippen LogP contribution in [-0.4, -0.2) is 19.7 Å². The van der Waals surface area contributed by atoms with Gasteiger partial charge in [0.2, 0.25) is 0 Å². The van der Waals surface area contributed by atoms with Crippen molar-refractivity contribution in [2.75, 3.05) is 0 Å². The summed E-state index contributed by atoms with van der Waals surface area (Å²) in [7, 11) is -5.54. The summed E-state index contributed by atoms with van der Waals surface area (Å²) >= 11 is 0. The highest BCUT2D eigenvalue weighted by molar-refractivity contribution is 7.87. The van der Waals surface area contributed by atoms with E-state index in [0.29, 0.717) is 18.6 Å². The molecule has 25 heavy (non-hydrogen) atoms. The van der Waals surface area contributed by atoms with Crippen molar-refractivity contribution >= 4 is 15.9 Å². The summed E-state index contributed by atoms with van der Waals surface area (Å²) in [4.78, 5) is 11.1. The molecule has 8 heteroatoms. The van der Waals surface area contributed by atoms with Crippen LogP contribution in [0.1, 0.15) is 72.6 Å². The van der Waals surface area contributed by atoms with Crippen molar-refractivity contribution in [2.45, 2.75) is 78.1 Å². The Labute approximate surface area is 147 Å². The van der Waals surface area contributed by atoms with Gasteiger partial charge in [0.15, 0.2) is 0 Å². The fourth-order valence-corrected chi connectivity index (χ4v) is 3.44. The second kappa shape index (κ2) is 7.68. The highest BCUT2D eigenvalue weighted by atomic mass is 32.2. The zero-order valence-electron chi connectivity index (χ0n) is 15.2. The fraction of sp³-hybridized carbons (Fsp3) is 0.824. The summed E-state index contributed by atoms with van der Waals surface area (Å²) in [6.07, 6.45) is 7.61. The first-order valence-electron chi connectivity index (χ1n) is 8.44. The molecule has 0 aliphatic heterocycles.